The number of rotatable bonds is 8. The highest BCUT2D eigenvalue weighted by atomic mass is 16.2. The number of likely N-dealkylation sites (N-methyl/N-ethyl adjacent to an activating group) is 1. The quantitative estimate of drug-likeness (QED) is 0.517. The normalized spacial score (nSPS) is 11.0. The Kier molecular flexibility index (Phi) is 8.87. The summed E-state index contributed by atoms with van der Waals surface area (Å²) < 4.78 is 0. The van der Waals surface area contributed by atoms with Gasteiger partial charge in [0.25, 0.3) is 5.91 Å². The highest BCUT2D eigenvalue weighted by molar-refractivity contribution is 5.93. The smallest absolute Gasteiger partial charge is 0.253 e. The van der Waals surface area contributed by atoms with Crippen LogP contribution in [0.3, 0.4) is 0 Å². The average molecular weight is 410 g/mol. The van der Waals surface area contributed by atoms with Crippen molar-refractivity contribution in [1.29, 1.82) is 0 Å². The van der Waals surface area contributed by atoms with Gasteiger partial charge in [-0.3, -0.25) is 14.6 Å². The van der Waals surface area contributed by atoms with E-state index in [1.54, 1.807) is 30.9 Å². The summed E-state index contributed by atoms with van der Waals surface area (Å²) in [6.07, 6.45) is 0. The van der Waals surface area contributed by atoms with Crippen LogP contribution >= 0.6 is 0 Å². The van der Waals surface area contributed by atoms with E-state index in [0.717, 1.165) is 11.1 Å². The van der Waals surface area contributed by atoms with E-state index < -0.39 is 0 Å². The van der Waals surface area contributed by atoms with Crippen LogP contribution in [-0.2, 0) is 17.9 Å². The van der Waals surface area contributed by atoms with Crippen LogP contribution in [-0.4, -0.2) is 61.8 Å². The van der Waals surface area contributed by atoms with E-state index in [9.17, 15) is 9.59 Å². The van der Waals surface area contributed by atoms with E-state index in [1.807, 2.05) is 61.5 Å². The van der Waals surface area contributed by atoms with Crippen LogP contribution in [0.1, 0.15) is 28.4 Å². The lowest BCUT2D eigenvalue weighted by molar-refractivity contribution is -0.130. The summed E-state index contributed by atoms with van der Waals surface area (Å²) in [6, 6.07) is 17.4. The molecular weight excluding hydrogens is 378 g/mol. The number of carbonyl (C=O) groups excluding carboxylic acids is 2. The maximum absolute atomic E-state index is 12.6. The Bertz CT molecular complexity index is 848. The fraction of sp³-hybridized carbons (Fsp3) is 0.348. The molecule has 0 bridgehead atoms. The van der Waals surface area contributed by atoms with Gasteiger partial charge in [-0.2, -0.15) is 0 Å². The van der Waals surface area contributed by atoms with E-state index in [2.05, 4.69) is 15.6 Å². The molecule has 0 aliphatic rings. The van der Waals surface area contributed by atoms with Gasteiger partial charge in [0.2, 0.25) is 5.91 Å². The van der Waals surface area contributed by atoms with Crippen LogP contribution in [0.2, 0.25) is 0 Å². The standard InChI is InChI=1S/C23H31N5O2/c1-5-28(17-19-9-7-6-8-10-19)21(29)16-26-23(24-2)25-15-18-11-13-20(14-12-18)22(30)27(3)4/h6-14H,5,15-17H2,1-4H3,(H2,24,25,26). The molecule has 0 spiro atoms. The third-order valence-corrected chi connectivity index (χ3v) is 4.65. The van der Waals surface area contributed by atoms with E-state index >= 15 is 0 Å². The molecule has 0 aliphatic heterocycles. The van der Waals surface area contributed by atoms with Crippen molar-refractivity contribution in [3.63, 3.8) is 0 Å². The van der Waals surface area contributed by atoms with E-state index in [-0.39, 0.29) is 18.4 Å². The van der Waals surface area contributed by atoms with E-state index in [1.165, 1.54) is 0 Å². The molecule has 2 aromatic rings. The molecule has 0 saturated carbocycles. The minimum atomic E-state index is -0.0264. The summed E-state index contributed by atoms with van der Waals surface area (Å²) >= 11 is 0. The molecule has 30 heavy (non-hydrogen) atoms. The zero-order valence-electron chi connectivity index (χ0n) is 18.2. The SMILES string of the molecule is CCN(Cc1ccccc1)C(=O)CNC(=NC)NCc1ccc(C(=O)N(C)C)cc1. The number of benzene rings is 2. The molecule has 7 nitrogen and oxygen atoms in total. The number of guanidine groups is 1. The first-order valence-electron chi connectivity index (χ1n) is 10.0. The van der Waals surface area contributed by atoms with Crippen LogP contribution in [0.4, 0.5) is 0 Å². The van der Waals surface area contributed by atoms with E-state index in [0.29, 0.717) is 31.2 Å². The maximum Gasteiger partial charge on any atom is 0.253 e. The molecule has 2 amide bonds. The van der Waals surface area contributed by atoms with Crippen LogP contribution in [0.15, 0.2) is 59.6 Å². The topological polar surface area (TPSA) is 77.0 Å². The summed E-state index contributed by atoms with van der Waals surface area (Å²) in [7, 11) is 5.13. The highest BCUT2D eigenvalue weighted by Gasteiger charge is 2.13. The van der Waals surface area contributed by atoms with Gasteiger partial charge in [-0.05, 0) is 30.2 Å². The first-order chi connectivity index (χ1) is 14.4. The van der Waals surface area contributed by atoms with Crippen molar-refractivity contribution < 1.29 is 9.59 Å². The highest BCUT2D eigenvalue weighted by Crippen LogP contribution is 2.07. The van der Waals surface area contributed by atoms with Crippen molar-refractivity contribution in [3.8, 4) is 0 Å². The van der Waals surface area contributed by atoms with Crippen molar-refractivity contribution in [2.24, 2.45) is 4.99 Å². The number of nitrogens with zero attached hydrogens (tertiary/aromatic N) is 3. The van der Waals surface area contributed by atoms with Crippen LogP contribution in [0.5, 0.6) is 0 Å². The van der Waals surface area contributed by atoms with Gasteiger partial charge in [0.05, 0.1) is 6.54 Å². The molecule has 0 saturated heterocycles. The molecule has 160 valence electrons. The van der Waals surface area contributed by atoms with Crippen molar-refractivity contribution in [2.45, 2.75) is 20.0 Å². The molecule has 0 radical (unpaired) electrons. The third kappa shape index (κ3) is 6.92. The molecule has 0 atom stereocenters. The summed E-state index contributed by atoms with van der Waals surface area (Å²) in [5.41, 5.74) is 2.76. The first kappa shape index (κ1) is 22.9. The van der Waals surface area contributed by atoms with Crippen molar-refractivity contribution in [2.75, 3.05) is 34.2 Å². The first-order valence-corrected chi connectivity index (χ1v) is 10.0. The van der Waals surface area contributed by atoms with Crippen LogP contribution in [0.25, 0.3) is 0 Å². The van der Waals surface area contributed by atoms with Crippen LogP contribution in [0, 0.1) is 0 Å². The minimum absolute atomic E-state index is 0.0100. The largest absolute Gasteiger partial charge is 0.352 e. The summed E-state index contributed by atoms with van der Waals surface area (Å²) in [4.78, 5) is 32.1. The molecule has 2 rings (SSSR count). The van der Waals surface area contributed by atoms with Crippen molar-refractivity contribution in [1.82, 2.24) is 20.4 Å². The molecule has 0 aliphatic carbocycles. The van der Waals surface area contributed by atoms with Gasteiger partial charge in [-0.1, -0.05) is 42.5 Å². The third-order valence-electron chi connectivity index (χ3n) is 4.65. The monoisotopic (exact) mass is 409 g/mol. The molecular formula is C23H31N5O2. The minimum Gasteiger partial charge on any atom is -0.352 e. The number of aliphatic imine (C=N–C) groups is 1. The lowest BCUT2D eigenvalue weighted by Crippen LogP contribution is -2.44. The lowest BCUT2D eigenvalue weighted by atomic mass is 10.1. The second-order valence-electron chi connectivity index (χ2n) is 7.07. The summed E-state index contributed by atoms with van der Waals surface area (Å²) in [6.45, 7) is 3.89. The predicted octanol–water partition coefficient (Wildman–Crippen LogP) is 2.10. The van der Waals surface area contributed by atoms with Gasteiger partial charge >= 0.3 is 0 Å². The fourth-order valence-electron chi connectivity index (χ4n) is 2.88. The Labute approximate surface area is 178 Å². The Morgan fingerprint density at radius 3 is 2.17 bits per heavy atom. The number of hydrogen-bond donors (Lipinski definition) is 2. The van der Waals surface area contributed by atoms with Gasteiger partial charge in [0.15, 0.2) is 5.96 Å². The van der Waals surface area contributed by atoms with Crippen LogP contribution < -0.4 is 10.6 Å². The molecule has 2 aromatic carbocycles. The number of carbonyl (C=O) groups is 2. The second kappa shape index (κ2) is 11.6. The Morgan fingerprint density at radius 2 is 1.60 bits per heavy atom. The van der Waals surface area contributed by atoms with Gasteiger partial charge in [0.1, 0.15) is 0 Å². The van der Waals surface area contributed by atoms with Gasteiger partial charge in [-0.25, -0.2) is 0 Å². The number of amides is 2. The zero-order chi connectivity index (χ0) is 21.9. The lowest BCUT2D eigenvalue weighted by Gasteiger charge is -2.22. The molecule has 2 N–H and O–H groups in total. The molecule has 0 aromatic heterocycles. The van der Waals surface area contributed by atoms with E-state index in [4.69, 9.17) is 0 Å². The van der Waals surface area contributed by atoms with Gasteiger partial charge < -0.3 is 20.4 Å². The van der Waals surface area contributed by atoms with Gasteiger partial charge in [-0.15, -0.1) is 0 Å². The predicted molar refractivity (Wildman–Crippen MR) is 120 cm³/mol. The Morgan fingerprint density at radius 1 is 0.933 bits per heavy atom. The number of nitrogens with one attached hydrogen (secondary N) is 2. The molecule has 0 fully saturated rings. The Balaban J connectivity index is 1.84. The molecule has 7 heteroatoms. The average Bonchev–Trinajstić information content (AvgIpc) is 2.77. The number of hydrogen-bond acceptors (Lipinski definition) is 3. The molecule has 0 unspecified atom stereocenters. The fourth-order valence-corrected chi connectivity index (χ4v) is 2.88. The summed E-state index contributed by atoms with van der Waals surface area (Å²) in [5, 5.41) is 6.26. The Hall–Kier alpha value is -3.35. The van der Waals surface area contributed by atoms with Crippen molar-refractivity contribution in [3.05, 3.63) is 71.3 Å². The molecule has 0 heterocycles. The second-order valence-corrected chi connectivity index (χ2v) is 7.07. The maximum atomic E-state index is 12.6. The van der Waals surface area contributed by atoms with Crippen molar-refractivity contribution >= 4 is 17.8 Å². The van der Waals surface area contributed by atoms with Gasteiger partial charge in [0, 0.05) is 46.3 Å². The summed E-state index contributed by atoms with van der Waals surface area (Å²) in [5.74, 6) is 0.532. The zero-order valence-corrected chi connectivity index (χ0v) is 18.2.